The van der Waals surface area contributed by atoms with Gasteiger partial charge in [-0.2, -0.15) is 0 Å². The molecule has 0 radical (unpaired) electrons. The van der Waals surface area contributed by atoms with Gasteiger partial charge in [-0.1, -0.05) is 336 Å². The van der Waals surface area contributed by atoms with E-state index in [9.17, 15) is 0 Å². The minimum atomic E-state index is -0.283. The summed E-state index contributed by atoms with van der Waals surface area (Å²) < 4.78 is 0. The van der Waals surface area contributed by atoms with Crippen LogP contribution >= 0.6 is 0 Å². The summed E-state index contributed by atoms with van der Waals surface area (Å²) in [5.74, 6) is 1.01. The van der Waals surface area contributed by atoms with E-state index in [0.29, 0.717) is 11.8 Å². The Labute approximate surface area is 566 Å². The van der Waals surface area contributed by atoms with Crippen LogP contribution in [-0.2, 0) is 21.7 Å². The molecular formula is C93H90N2. The van der Waals surface area contributed by atoms with E-state index in [0.717, 1.165) is 68.5 Å². The van der Waals surface area contributed by atoms with Gasteiger partial charge in [0.25, 0.3) is 0 Å². The van der Waals surface area contributed by atoms with Crippen molar-refractivity contribution in [3.63, 3.8) is 0 Å². The summed E-state index contributed by atoms with van der Waals surface area (Å²) >= 11 is 0. The van der Waals surface area contributed by atoms with Crippen molar-refractivity contribution in [2.24, 2.45) is 0 Å². The number of rotatable bonds is 20. The topological polar surface area (TPSA) is 6.48 Å². The minimum absolute atomic E-state index is 0.205. The highest BCUT2D eigenvalue weighted by Crippen LogP contribution is 2.52. The van der Waals surface area contributed by atoms with E-state index in [-0.39, 0.29) is 21.7 Å². The zero-order valence-corrected chi connectivity index (χ0v) is 57.4. The summed E-state index contributed by atoms with van der Waals surface area (Å²) in [6, 6.07) is 116. The molecule has 0 heterocycles. The van der Waals surface area contributed by atoms with Crippen LogP contribution in [0.15, 0.2) is 309 Å². The van der Waals surface area contributed by atoms with Crippen molar-refractivity contribution in [3.05, 3.63) is 371 Å². The highest BCUT2D eigenvalue weighted by Gasteiger charge is 2.31. The Balaban J connectivity index is 0.900. The molecule has 2 heteroatoms. The Kier molecular flexibility index (Phi) is 17.7. The molecule has 0 aromatic heterocycles. The lowest BCUT2D eigenvalue weighted by Crippen LogP contribution is -2.20. The van der Waals surface area contributed by atoms with Gasteiger partial charge in [0.05, 0.1) is 11.4 Å². The molecule has 2 unspecified atom stereocenters. The monoisotopic (exact) mass is 1230 g/mol. The summed E-state index contributed by atoms with van der Waals surface area (Å²) in [6.45, 7) is 25.6. The molecule has 472 valence electrons. The molecule has 2 atom stereocenters. The van der Waals surface area contributed by atoms with Crippen LogP contribution in [0.5, 0.6) is 0 Å². The van der Waals surface area contributed by atoms with Crippen LogP contribution in [-0.4, -0.2) is 0 Å². The lowest BCUT2D eigenvalue weighted by atomic mass is 9.77. The van der Waals surface area contributed by atoms with E-state index in [4.69, 9.17) is 0 Å². The molecule has 0 spiro atoms. The summed E-state index contributed by atoms with van der Waals surface area (Å²) in [5, 5.41) is 4.61. The number of fused-ring (bicyclic) bond motifs is 2. The Morgan fingerprint density at radius 1 is 0.274 bits per heavy atom. The third-order valence-electron chi connectivity index (χ3n) is 21.3. The molecule has 0 saturated carbocycles. The molecule has 13 aromatic rings. The average Bonchev–Trinajstić information content (AvgIpc) is 0.724. The molecule has 0 aliphatic heterocycles. The lowest BCUT2D eigenvalue weighted by molar-refractivity contribution is 0.544. The van der Waals surface area contributed by atoms with Gasteiger partial charge in [0.1, 0.15) is 0 Å². The van der Waals surface area contributed by atoms with E-state index in [2.05, 4.69) is 395 Å². The lowest BCUT2D eigenvalue weighted by Gasteiger charge is -2.34. The zero-order chi connectivity index (χ0) is 66.1. The number of aryl methyl sites for hydroxylation is 1. The standard InChI is InChI=1S/C93H90N2/c1-12-67(69-38-36-65(2)37-39-69)64-66(3)68-40-42-70(43-41-68)71-44-46-75(47-45-71)93(10,11)79-54-62-83(63-55-79)95(82-60-52-78(53-61-82)92(8,9)74-30-20-15-21-31-74)89-86-34-24-22-32-84(86)88(85-33-23-25-35-87(85)89)94(80-56-48-76(49-57-80)90(4,5)72-26-16-13-17-27-72)81-58-50-77(51-59-81)91(6,7)73-28-18-14-19-29-73/h13-63,66-67H,12,64H2,1-11H3. The van der Waals surface area contributed by atoms with E-state index in [1.807, 2.05) is 0 Å². The van der Waals surface area contributed by atoms with Gasteiger partial charge in [0.2, 0.25) is 0 Å². The summed E-state index contributed by atoms with van der Waals surface area (Å²) in [4.78, 5) is 5.02. The molecule has 0 aliphatic rings. The predicted molar refractivity (Wildman–Crippen MR) is 408 cm³/mol. The SMILES string of the molecule is CCC(CC(C)c1ccc(-c2ccc(C(C)(C)c3ccc(N(c4ccc(C(C)(C)c5ccccc5)cc4)c4c5ccccc5c(N(c5ccc(C(C)(C)c6ccccc6)cc5)c5ccc(C(C)(C)c6ccccc6)cc5)c5ccccc45)cc3)cc2)cc1)c1ccc(C)cc1. The first-order valence-electron chi connectivity index (χ1n) is 34.3. The van der Waals surface area contributed by atoms with E-state index in [1.165, 1.54) is 72.3 Å². The second-order valence-electron chi connectivity index (χ2n) is 28.6. The molecule has 0 amide bonds. The largest absolute Gasteiger partial charge is 0.309 e. The summed E-state index contributed by atoms with van der Waals surface area (Å²) in [7, 11) is 0. The average molecular weight is 1240 g/mol. The number of hydrogen-bond donors (Lipinski definition) is 0. The van der Waals surface area contributed by atoms with Crippen molar-refractivity contribution in [2.75, 3.05) is 9.80 Å². The molecule has 0 fully saturated rings. The van der Waals surface area contributed by atoms with E-state index >= 15 is 0 Å². The smallest absolute Gasteiger partial charge is 0.0619 e. The van der Waals surface area contributed by atoms with Gasteiger partial charge in [-0.15, -0.1) is 0 Å². The Morgan fingerprint density at radius 2 is 0.516 bits per heavy atom. The van der Waals surface area contributed by atoms with E-state index in [1.54, 1.807) is 0 Å². The molecule has 95 heavy (non-hydrogen) atoms. The van der Waals surface area contributed by atoms with Gasteiger partial charge < -0.3 is 9.80 Å². The fraction of sp³-hybridized carbons (Fsp3) is 0.204. The van der Waals surface area contributed by atoms with Gasteiger partial charge >= 0.3 is 0 Å². The Morgan fingerprint density at radius 3 is 0.800 bits per heavy atom. The third kappa shape index (κ3) is 12.6. The first-order valence-corrected chi connectivity index (χ1v) is 34.3. The van der Waals surface area contributed by atoms with Gasteiger partial charge in [-0.25, -0.2) is 0 Å². The molecule has 0 aliphatic carbocycles. The van der Waals surface area contributed by atoms with Crippen LogP contribution in [0.4, 0.5) is 34.1 Å². The molecular weight excluding hydrogens is 1150 g/mol. The molecule has 13 aromatic carbocycles. The zero-order valence-electron chi connectivity index (χ0n) is 57.4. The van der Waals surface area contributed by atoms with Crippen LogP contribution < -0.4 is 9.80 Å². The summed E-state index contributed by atoms with van der Waals surface area (Å²) in [6.07, 6.45) is 2.28. The van der Waals surface area contributed by atoms with Crippen LogP contribution in [0.25, 0.3) is 32.7 Å². The van der Waals surface area contributed by atoms with Crippen LogP contribution in [0.1, 0.15) is 155 Å². The van der Waals surface area contributed by atoms with E-state index < -0.39 is 0 Å². The highest BCUT2D eigenvalue weighted by atomic mass is 15.2. The van der Waals surface area contributed by atoms with Crippen molar-refractivity contribution in [1.82, 2.24) is 0 Å². The Bertz CT molecular complexity index is 4570. The second kappa shape index (κ2) is 26.4. The molecule has 13 rings (SSSR count). The third-order valence-corrected chi connectivity index (χ3v) is 21.3. The normalized spacial score (nSPS) is 12.8. The van der Waals surface area contributed by atoms with Crippen LogP contribution in [0.3, 0.4) is 0 Å². The quantitative estimate of drug-likeness (QED) is 0.0554. The summed E-state index contributed by atoms with van der Waals surface area (Å²) in [5.41, 5.74) is 22.5. The molecule has 2 nitrogen and oxygen atoms in total. The fourth-order valence-corrected chi connectivity index (χ4v) is 14.7. The molecule has 0 N–H and O–H groups in total. The van der Waals surface area contributed by atoms with Crippen molar-refractivity contribution in [3.8, 4) is 11.1 Å². The minimum Gasteiger partial charge on any atom is -0.309 e. The van der Waals surface area contributed by atoms with Crippen LogP contribution in [0.2, 0.25) is 0 Å². The van der Waals surface area contributed by atoms with Crippen molar-refractivity contribution < 1.29 is 0 Å². The van der Waals surface area contributed by atoms with Gasteiger partial charge in [0.15, 0.2) is 0 Å². The Hall–Kier alpha value is -10.0. The van der Waals surface area contributed by atoms with Gasteiger partial charge in [0, 0.05) is 66.0 Å². The number of nitrogens with zero attached hydrogens (tertiary/aromatic N) is 2. The molecule has 0 saturated heterocycles. The number of anilines is 6. The maximum absolute atomic E-state index is 2.52. The second-order valence-corrected chi connectivity index (χ2v) is 28.6. The fourth-order valence-electron chi connectivity index (χ4n) is 14.7. The highest BCUT2D eigenvalue weighted by molar-refractivity contribution is 6.23. The maximum atomic E-state index is 2.52. The van der Waals surface area contributed by atoms with Gasteiger partial charge in [-0.05, 0) is 147 Å². The predicted octanol–water partition coefficient (Wildman–Crippen LogP) is 25.9. The number of benzene rings is 13. The molecule has 0 bridgehead atoms. The first kappa shape index (κ1) is 63.7. The van der Waals surface area contributed by atoms with Crippen molar-refractivity contribution in [1.29, 1.82) is 0 Å². The van der Waals surface area contributed by atoms with Gasteiger partial charge in [-0.3, -0.25) is 0 Å². The van der Waals surface area contributed by atoms with Crippen molar-refractivity contribution >= 4 is 55.7 Å². The number of hydrogen-bond acceptors (Lipinski definition) is 2. The van der Waals surface area contributed by atoms with Crippen molar-refractivity contribution in [2.45, 2.75) is 122 Å². The van der Waals surface area contributed by atoms with Crippen LogP contribution in [0, 0.1) is 6.92 Å². The maximum Gasteiger partial charge on any atom is 0.0619 e. The first-order chi connectivity index (χ1) is 45.9.